The second kappa shape index (κ2) is 4.89. The summed E-state index contributed by atoms with van der Waals surface area (Å²) in [5.74, 6) is 1.96. The van der Waals surface area contributed by atoms with Gasteiger partial charge in [0, 0.05) is 11.0 Å². The molecule has 0 atom stereocenters. The van der Waals surface area contributed by atoms with E-state index in [0.717, 1.165) is 25.1 Å². The van der Waals surface area contributed by atoms with Gasteiger partial charge >= 0.3 is 0 Å². The van der Waals surface area contributed by atoms with Crippen LogP contribution in [0.4, 0.5) is 4.39 Å². The smallest absolute Gasteiger partial charge is 0.261 e. The first-order valence-electron chi connectivity index (χ1n) is 8.21. The molecule has 1 heterocycles. The van der Waals surface area contributed by atoms with Crippen molar-refractivity contribution >= 4 is 0 Å². The topological polar surface area (TPSA) is 74.2 Å². The summed E-state index contributed by atoms with van der Waals surface area (Å²) in [7, 11) is 0. The Morgan fingerprint density at radius 2 is 1.76 bits per heavy atom. The lowest BCUT2D eigenvalue weighted by atomic mass is 9.39. The minimum atomic E-state index is -0.307. The summed E-state index contributed by atoms with van der Waals surface area (Å²) in [6, 6.07) is 13.3. The number of hydrogen-bond acceptors (Lipinski definition) is 5. The van der Waals surface area contributed by atoms with E-state index < -0.39 is 0 Å². The van der Waals surface area contributed by atoms with Crippen molar-refractivity contribution < 1.29 is 13.7 Å². The zero-order chi connectivity index (χ0) is 17.1. The monoisotopic (exact) mass is 337 g/mol. The van der Waals surface area contributed by atoms with Crippen molar-refractivity contribution in [3.8, 4) is 23.0 Å². The minimum absolute atomic E-state index is 0.00323. The van der Waals surface area contributed by atoms with Gasteiger partial charge < -0.3 is 15.0 Å². The van der Waals surface area contributed by atoms with Gasteiger partial charge in [-0.3, -0.25) is 0 Å². The van der Waals surface area contributed by atoms with Gasteiger partial charge in [-0.25, -0.2) is 4.39 Å². The van der Waals surface area contributed by atoms with Gasteiger partial charge in [0.1, 0.15) is 17.3 Å². The van der Waals surface area contributed by atoms with Gasteiger partial charge in [0.15, 0.2) is 5.82 Å². The van der Waals surface area contributed by atoms with E-state index in [4.69, 9.17) is 15.0 Å². The molecule has 0 saturated heterocycles. The Bertz CT molecular complexity index is 932. The first-order valence-corrected chi connectivity index (χ1v) is 8.21. The molecule has 3 aliphatic rings. The number of benzene rings is 2. The number of rotatable bonds is 4. The summed E-state index contributed by atoms with van der Waals surface area (Å²) in [4.78, 5) is 4.59. The Morgan fingerprint density at radius 3 is 2.48 bits per heavy atom. The maximum absolute atomic E-state index is 13.1. The fourth-order valence-corrected chi connectivity index (χ4v) is 4.01. The number of hydrogen-bond donors (Lipinski definition) is 1. The Hall–Kier alpha value is -2.73. The molecular formula is C19H16FN3O2. The molecule has 3 aliphatic carbocycles. The zero-order valence-electron chi connectivity index (χ0n) is 13.4. The lowest BCUT2D eigenvalue weighted by molar-refractivity contribution is -0.0664. The molecule has 0 radical (unpaired) electrons. The Kier molecular flexibility index (Phi) is 2.86. The van der Waals surface area contributed by atoms with Crippen LogP contribution in [0.5, 0.6) is 11.5 Å². The van der Waals surface area contributed by atoms with E-state index in [9.17, 15) is 4.39 Å². The van der Waals surface area contributed by atoms with Crippen LogP contribution in [0.2, 0.25) is 0 Å². The predicted molar refractivity (Wildman–Crippen MR) is 88.7 cm³/mol. The third-order valence-corrected chi connectivity index (χ3v) is 5.13. The van der Waals surface area contributed by atoms with Crippen LogP contribution >= 0.6 is 0 Å². The average molecular weight is 337 g/mol. The van der Waals surface area contributed by atoms with Gasteiger partial charge in [-0.05, 0) is 55.7 Å². The first-order chi connectivity index (χ1) is 12.1. The molecule has 6 heteroatoms. The molecule has 0 aliphatic heterocycles. The van der Waals surface area contributed by atoms with Crippen molar-refractivity contribution in [2.75, 3.05) is 0 Å². The summed E-state index contributed by atoms with van der Waals surface area (Å²) in [6.07, 6.45) is 2.77. The standard InChI is InChI=1S/C19H16FN3O2/c20-12-5-7-13(8-6-12)24-15-4-2-1-3-14(15)16-22-17(23-25-16)18-9-19(21,10-18)11-18/h1-8H,9-11,21H2. The van der Waals surface area contributed by atoms with Crippen molar-refractivity contribution in [3.63, 3.8) is 0 Å². The van der Waals surface area contributed by atoms with Crippen LogP contribution in [0, 0.1) is 5.82 Å². The molecule has 2 bridgehead atoms. The highest BCUT2D eigenvalue weighted by molar-refractivity contribution is 5.63. The fourth-order valence-electron chi connectivity index (χ4n) is 4.01. The maximum Gasteiger partial charge on any atom is 0.261 e. The van der Waals surface area contributed by atoms with Crippen molar-refractivity contribution in [3.05, 3.63) is 60.2 Å². The van der Waals surface area contributed by atoms with E-state index in [1.165, 1.54) is 12.1 Å². The molecule has 0 unspecified atom stereocenters. The van der Waals surface area contributed by atoms with Crippen LogP contribution in [0.25, 0.3) is 11.5 Å². The van der Waals surface area contributed by atoms with E-state index in [1.54, 1.807) is 12.1 Å². The molecule has 25 heavy (non-hydrogen) atoms. The molecule has 2 N–H and O–H groups in total. The largest absolute Gasteiger partial charge is 0.457 e. The minimum Gasteiger partial charge on any atom is -0.457 e. The lowest BCUT2D eigenvalue weighted by Crippen LogP contribution is -2.74. The third-order valence-electron chi connectivity index (χ3n) is 5.13. The molecule has 6 rings (SSSR count). The lowest BCUT2D eigenvalue weighted by Gasteiger charge is -2.67. The van der Waals surface area contributed by atoms with Crippen molar-refractivity contribution in [2.45, 2.75) is 30.2 Å². The highest BCUT2D eigenvalue weighted by Gasteiger charge is 2.68. The average Bonchev–Trinajstić information content (AvgIpc) is 3.03. The normalized spacial score (nSPS) is 26.6. The summed E-state index contributed by atoms with van der Waals surface area (Å²) in [6.45, 7) is 0. The molecule has 1 aromatic heterocycles. The number of nitrogens with zero attached hydrogens (tertiary/aromatic N) is 2. The van der Waals surface area contributed by atoms with E-state index in [1.807, 2.05) is 24.3 Å². The van der Waals surface area contributed by atoms with Gasteiger partial charge in [-0.15, -0.1) is 0 Å². The molecule has 3 saturated carbocycles. The van der Waals surface area contributed by atoms with Gasteiger partial charge in [-0.1, -0.05) is 17.3 Å². The number of ether oxygens (including phenoxy) is 1. The molecule has 0 amide bonds. The quantitative estimate of drug-likeness (QED) is 0.784. The van der Waals surface area contributed by atoms with Crippen molar-refractivity contribution in [1.29, 1.82) is 0 Å². The Morgan fingerprint density at radius 1 is 1.04 bits per heavy atom. The van der Waals surface area contributed by atoms with E-state index in [0.29, 0.717) is 23.0 Å². The SMILES string of the molecule is NC12CC(c3noc(-c4ccccc4Oc4ccc(F)cc4)n3)(C1)C2. The summed E-state index contributed by atoms with van der Waals surface area (Å²) < 4.78 is 24.4. The van der Waals surface area contributed by atoms with Crippen LogP contribution in [-0.4, -0.2) is 15.7 Å². The number of aromatic nitrogens is 2. The van der Waals surface area contributed by atoms with Crippen LogP contribution in [-0.2, 0) is 5.41 Å². The molecule has 0 spiro atoms. The maximum atomic E-state index is 13.1. The van der Waals surface area contributed by atoms with E-state index in [-0.39, 0.29) is 16.8 Å². The van der Waals surface area contributed by atoms with E-state index in [2.05, 4.69) is 10.1 Å². The van der Waals surface area contributed by atoms with Crippen molar-refractivity contribution in [2.24, 2.45) is 5.73 Å². The van der Waals surface area contributed by atoms with Gasteiger partial charge in [-0.2, -0.15) is 4.98 Å². The van der Waals surface area contributed by atoms with Crippen LogP contribution in [0.3, 0.4) is 0 Å². The number of para-hydroxylation sites is 1. The van der Waals surface area contributed by atoms with Crippen molar-refractivity contribution in [1.82, 2.24) is 10.1 Å². The Balaban J connectivity index is 1.45. The second-order valence-corrected chi connectivity index (χ2v) is 7.15. The summed E-state index contributed by atoms with van der Waals surface area (Å²) in [5, 5.41) is 4.17. The Labute approximate surface area is 143 Å². The zero-order valence-corrected chi connectivity index (χ0v) is 13.4. The molecule has 3 aromatic rings. The van der Waals surface area contributed by atoms with Gasteiger partial charge in [0.2, 0.25) is 0 Å². The van der Waals surface area contributed by atoms with Crippen LogP contribution in [0.15, 0.2) is 53.1 Å². The second-order valence-electron chi connectivity index (χ2n) is 7.15. The molecule has 5 nitrogen and oxygen atoms in total. The van der Waals surface area contributed by atoms with Crippen LogP contribution < -0.4 is 10.5 Å². The highest BCUT2D eigenvalue weighted by Crippen LogP contribution is 2.65. The molecule has 126 valence electrons. The summed E-state index contributed by atoms with van der Waals surface area (Å²) >= 11 is 0. The highest BCUT2D eigenvalue weighted by atomic mass is 19.1. The molecular weight excluding hydrogens is 321 g/mol. The van der Waals surface area contributed by atoms with E-state index >= 15 is 0 Å². The van der Waals surface area contributed by atoms with Crippen LogP contribution in [0.1, 0.15) is 25.1 Å². The third kappa shape index (κ3) is 2.25. The fraction of sp³-hybridized carbons (Fsp3) is 0.263. The predicted octanol–water partition coefficient (Wildman–Crippen LogP) is 3.80. The first kappa shape index (κ1) is 14.6. The summed E-state index contributed by atoms with van der Waals surface area (Å²) in [5.41, 5.74) is 6.82. The molecule has 2 aromatic carbocycles. The number of nitrogens with two attached hydrogens (primary N) is 1. The number of halogens is 1. The molecule has 3 fully saturated rings. The van der Waals surface area contributed by atoms with Gasteiger partial charge in [0.25, 0.3) is 5.89 Å². The van der Waals surface area contributed by atoms with Gasteiger partial charge in [0.05, 0.1) is 5.56 Å².